The number of ether oxygens (including phenoxy) is 1. The van der Waals surface area contributed by atoms with Gasteiger partial charge in [0.15, 0.2) is 0 Å². The highest BCUT2D eigenvalue weighted by Crippen LogP contribution is 2.25. The Bertz CT molecular complexity index is 874. The summed E-state index contributed by atoms with van der Waals surface area (Å²) < 4.78 is 5.81. The van der Waals surface area contributed by atoms with Gasteiger partial charge in [0, 0.05) is 24.7 Å². The number of benzene rings is 2. The third-order valence-corrected chi connectivity index (χ3v) is 5.22. The maximum absolute atomic E-state index is 6.05. The molecule has 0 spiro atoms. The van der Waals surface area contributed by atoms with Gasteiger partial charge in [-0.05, 0) is 69.1 Å². The van der Waals surface area contributed by atoms with Crippen LogP contribution >= 0.6 is 12.2 Å². The summed E-state index contributed by atoms with van der Waals surface area (Å²) in [5.74, 6) is 1.10. The van der Waals surface area contributed by atoms with Gasteiger partial charge in [-0.2, -0.15) is 4.99 Å². The van der Waals surface area contributed by atoms with Gasteiger partial charge in [0.25, 0.3) is 5.17 Å². The summed E-state index contributed by atoms with van der Waals surface area (Å²) in [6.45, 7) is 10.8. The molecule has 2 atom stereocenters. The lowest BCUT2D eigenvalue weighted by Crippen LogP contribution is -2.17. The van der Waals surface area contributed by atoms with Crippen molar-refractivity contribution in [2.45, 2.75) is 40.2 Å². The number of hydrogen-bond donors (Lipinski definition) is 1. The first-order chi connectivity index (χ1) is 12.8. The molecule has 1 aliphatic heterocycles. The van der Waals surface area contributed by atoms with Crippen LogP contribution in [0.15, 0.2) is 41.4 Å². The van der Waals surface area contributed by atoms with Crippen LogP contribution < -0.4 is 10.5 Å². The summed E-state index contributed by atoms with van der Waals surface area (Å²) in [4.78, 5) is 6.71. The van der Waals surface area contributed by atoms with E-state index in [1.165, 1.54) is 23.2 Å². The van der Waals surface area contributed by atoms with Crippen molar-refractivity contribution in [3.8, 4) is 5.75 Å². The zero-order chi connectivity index (χ0) is 19.6. The van der Waals surface area contributed by atoms with Gasteiger partial charge in [0.2, 0.25) is 0 Å². The Morgan fingerprint density at radius 2 is 1.85 bits per heavy atom. The Hall–Kier alpha value is -2.24. The fourth-order valence-corrected chi connectivity index (χ4v) is 3.29. The molecule has 0 saturated carbocycles. The summed E-state index contributed by atoms with van der Waals surface area (Å²) in [5, 5.41) is 0.126. The lowest BCUT2D eigenvalue weighted by atomic mass is 10.0. The summed E-state index contributed by atoms with van der Waals surface area (Å²) in [6, 6.07) is 12.8. The van der Waals surface area contributed by atoms with Crippen LogP contribution in [0.1, 0.15) is 34.7 Å². The zero-order valence-corrected chi connectivity index (χ0v) is 17.3. The third-order valence-electron chi connectivity index (χ3n) is 5.05. The Morgan fingerprint density at radius 1 is 1.19 bits per heavy atom. The van der Waals surface area contributed by atoms with Gasteiger partial charge in [0.05, 0.1) is 0 Å². The SMILES string of the molecule is Cc1ccc(C(N)=NC(=S)Oc2cc(C)c(CCN3CC3C)cc2C)cc1. The summed E-state index contributed by atoms with van der Waals surface area (Å²) in [6.07, 6.45) is 1.06. The fraction of sp³-hybridized carbons (Fsp3) is 0.364. The lowest BCUT2D eigenvalue weighted by molar-refractivity contribution is 0.519. The molecule has 27 heavy (non-hydrogen) atoms. The molecule has 3 rings (SSSR count). The van der Waals surface area contributed by atoms with Crippen molar-refractivity contribution in [2.75, 3.05) is 13.1 Å². The molecule has 0 aliphatic carbocycles. The number of thiocarbonyl (C=S) groups is 1. The molecule has 1 fully saturated rings. The van der Waals surface area contributed by atoms with Gasteiger partial charge in [-0.25, -0.2) is 0 Å². The predicted octanol–water partition coefficient (Wildman–Crippen LogP) is 3.93. The molecule has 5 heteroatoms. The number of aryl methyl sites for hydroxylation is 3. The van der Waals surface area contributed by atoms with Gasteiger partial charge in [-0.3, -0.25) is 4.90 Å². The molecule has 0 bridgehead atoms. The Morgan fingerprint density at radius 3 is 2.48 bits per heavy atom. The Balaban J connectivity index is 1.67. The second kappa shape index (κ2) is 8.19. The molecule has 1 aliphatic rings. The lowest BCUT2D eigenvalue weighted by Gasteiger charge is -2.13. The molecule has 2 N–H and O–H groups in total. The number of aliphatic imine (C=N–C) groups is 1. The fourth-order valence-electron chi connectivity index (χ4n) is 3.10. The van der Waals surface area contributed by atoms with Crippen LogP contribution in [0.4, 0.5) is 0 Å². The van der Waals surface area contributed by atoms with Crippen LogP contribution in [-0.2, 0) is 6.42 Å². The monoisotopic (exact) mass is 381 g/mol. The summed E-state index contributed by atoms with van der Waals surface area (Å²) in [5.41, 5.74) is 11.7. The smallest absolute Gasteiger partial charge is 0.290 e. The van der Waals surface area contributed by atoms with E-state index in [-0.39, 0.29) is 5.17 Å². The van der Waals surface area contributed by atoms with E-state index in [9.17, 15) is 0 Å². The molecular formula is C22H27N3OS. The van der Waals surface area contributed by atoms with Crippen LogP contribution in [0.5, 0.6) is 5.75 Å². The van der Waals surface area contributed by atoms with Gasteiger partial charge in [-0.15, -0.1) is 0 Å². The largest absolute Gasteiger partial charge is 0.430 e. The highest BCUT2D eigenvalue weighted by molar-refractivity contribution is 7.80. The van der Waals surface area contributed by atoms with Crippen molar-refractivity contribution in [3.05, 3.63) is 64.2 Å². The molecule has 2 unspecified atom stereocenters. The van der Waals surface area contributed by atoms with E-state index in [0.29, 0.717) is 5.84 Å². The summed E-state index contributed by atoms with van der Waals surface area (Å²) in [7, 11) is 0. The minimum atomic E-state index is 0.126. The molecule has 1 heterocycles. The quantitative estimate of drug-likeness (QED) is 0.369. The minimum absolute atomic E-state index is 0.126. The molecular weight excluding hydrogens is 354 g/mol. The van der Waals surface area contributed by atoms with E-state index < -0.39 is 0 Å². The van der Waals surface area contributed by atoms with Crippen molar-refractivity contribution < 1.29 is 4.74 Å². The highest BCUT2D eigenvalue weighted by Gasteiger charge is 2.28. The van der Waals surface area contributed by atoms with Gasteiger partial charge >= 0.3 is 0 Å². The average molecular weight is 382 g/mol. The maximum Gasteiger partial charge on any atom is 0.290 e. The van der Waals surface area contributed by atoms with Crippen LogP contribution in [0.25, 0.3) is 0 Å². The van der Waals surface area contributed by atoms with Crippen molar-refractivity contribution in [2.24, 2.45) is 10.7 Å². The first-order valence-corrected chi connectivity index (χ1v) is 9.71. The number of hydrogen-bond acceptors (Lipinski definition) is 3. The van der Waals surface area contributed by atoms with Gasteiger partial charge in [-0.1, -0.05) is 35.9 Å². The molecule has 0 radical (unpaired) electrons. The topological polar surface area (TPSA) is 50.6 Å². The van der Waals surface area contributed by atoms with Crippen LogP contribution in [0, 0.1) is 20.8 Å². The molecule has 4 nitrogen and oxygen atoms in total. The van der Waals surface area contributed by atoms with E-state index in [1.807, 2.05) is 44.2 Å². The molecule has 2 aromatic rings. The second-order valence-electron chi connectivity index (χ2n) is 7.37. The average Bonchev–Trinajstić information content (AvgIpc) is 3.32. The predicted molar refractivity (Wildman–Crippen MR) is 116 cm³/mol. The van der Waals surface area contributed by atoms with Crippen molar-refractivity contribution in [1.82, 2.24) is 4.90 Å². The normalized spacial score (nSPS) is 19.0. The Labute approximate surface area is 167 Å². The number of amidine groups is 1. The van der Waals surface area contributed by atoms with Gasteiger partial charge in [0.1, 0.15) is 11.6 Å². The standard InChI is InChI=1S/C22H27N3OS/c1-14-5-7-18(8-6-14)21(23)24-22(27)26-20-12-15(2)19(11-16(20)3)9-10-25-13-17(25)4/h5-8,11-12,17H,9-10,13H2,1-4H3,(H2,23,24,27). The van der Waals surface area contributed by atoms with Crippen LogP contribution in [-0.4, -0.2) is 35.0 Å². The first kappa shape index (κ1) is 19.5. The summed E-state index contributed by atoms with van der Waals surface area (Å²) >= 11 is 5.28. The van der Waals surface area contributed by atoms with E-state index in [1.54, 1.807) is 0 Å². The first-order valence-electron chi connectivity index (χ1n) is 9.30. The molecule has 0 amide bonds. The molecule has 142 valence electrons. The van der Waals surface area contributed by atoms with Crippen LogP contribution in [0.3, 0.4) is 0 Å². The number of nitrogens with two attached hydrogens (primary N) is 1. The highest BCUT2D eigenvalue weighted by atomic mass is 32.1. The number of rotatable bonds is 5. The van der Waals surface area contributed by atoms with Crippen molar-refractivity contribution in [1.29, 1.82) is 0 Å². The van der Waals surface area contributed by atoms with Crippen LogP contribution in [0.2, 0.25) is 0 Å². The van der Waals surface area contributed by atoms with E-state index in [0.717, 1.165) is 35.9 Å². The van der Waals surface area contributed by atoms with E-state index in [4.69, 9.17) is 22.7 Å². The van der Waals surface area contributed by atoms with Crippen molar-refractivity contribution >= 4 is 23.2 Å². The third kappa shape index (κ3) is 5.15. The molecule has 1 saturated heterocycles. The maximum atomic E-state index is 6.05. The molecule has 0 aromatic heterocycles. The van der Waals surface area contributed by atoms with Crippen molar-refractivity contribution in [3.63, 3.8) is 0 Å². The number of nitrogens with zero attached hydrogens (tertiary/aromatic N) is 2. The Kier molecular flexibility index (Phi) is 5.92. The van der Waals surface area contributed by atoms with E-state index >= 15 is 0 Å². The zero-order valence-electron chi connectivity index (χ0n) is 16.5. The second-order valence-corrected chi connectivity index (χ2v) is 7.72. The van der Waals surface area contributed by atoms with Gasteiger partial charge < -0.3 is 10.5 Å². The molecule has 2 aromatic carbocycles. The minimum Gasteiger partial charge on any atom is -0.430 e. The van der Waals surface area contributed by atoms with E-state index in [2.05, 4.69) is 29.8 Å².